The van der Waals surface area contributed by atoms with Gasteiger partial charge in [0.15, 0.2) is 0 Å². The van der Waals surface area contributed by atoms with Crippen molar-refractivity contribution in [3.63, 3.8) is 0 Å². The van der Waals surface area contributed by atoms with E-state index >= 15 is 0 Å². The van der Waals surface area contributed by atoms with Gasteiger partial charge in [0, 0.05) is 26.2 Å². The molecule has 1 rings (SSSR count). The highest BCUT2D eigenvalue weighted by Gasteiger charge is 2.42. The molecule has 0 aromatic rings. The molecule has 0 saturated heterocycles. The van der Waals surface area contributed by atoms with Crippen LogP contribution in [0.4, 0.5) is 0 Å². The first kappa shape index (κ1) is 30.6. The summed E-state index contributed by atoms with van der Waals surface area (Å²) >= 11 is 0. The van der Waals surface area contributed by atoms with Crippen LogP contribution in [-0.4, -0.2) is 47.9 Å². The van der Waals surface area contributed by atoms with Crippen molar-refractivity contribution in [1.29, 1.82) is 0 Å². The Morgan fingerprint density at radius 2 is 1.80 bits per heavy atom. The number of hydrogen-bond acceptors (Lipinski definition) is 7. The second kappa shape index (κ2) is 15.6. The molecule has 7 heteroatoms. The molecule has 2 unspecified atom stereocenters. The summed E-state index contributed by atoms with van der Waals surface area (Å²) in [4.78, 5) is 35.3. The van der Waals surface area contributed by atoms with E-state index in [1.54, 1.807) is 0 Å². The van der Waals surface area contributed by atoms with Crippen LogP contribution in [0, 0.1) is 5.92 Å². The van der Waals surface area contributed by atoms with Crippen molar-refractivity contribution in [2.75, 3.05) is 7.11 Å². The molecule has 0 aromatic heterocycles. The van der Waals surface area contributed by atoms with Crippen LogP contribution in [0.5, 0.6) is 0 Å². The van der Waals surface area contributed by atoms with Crippen molar-refractivity contribution in [3.8, 4) is 0 Å². The Balaban J connectivity index is 3.13. The van der Waals surface area contributed by atoms with Crippen LogP contribution < -0.4 is 0 Å². The maximum Gasteiger partial charge on any atom is 0.305 e. The molecule has 1 aliphatic rings. The molecule has 1 N–H and O–H groups in total. The number of esters is 3. The first-order valence-corrected chi connectivity index (χ1v) is 12.7. The largest absolute Gasteiger partial charge is 0.469 e. The minimum atomic E-state index is -1.19. The van der Waals surface area contributed by atoms with E-state index in [1.807, 2.05) is 19.1 Å². The minimum absolute atomic E-state index is 0.159. The van der Waals surface area contributed by atoms with Crippen LogP contribution >= 0.6 is 0 Å². The Morgan fingerprint density at radius 3 is 2.40 bits per heavy atom. The lowest BCUT2D eigenvalue weighted by Gasteiger charge is -2.41. The lowest BCUT2D eigenvalue weighted by atomic mass is 9.70. The SMILES string of the molecule is C=C1CC(C)=C[C@](O)(C/C=C\CCCCC)[C@H]1CC(OC(C)=O)C(CCCC(=O)OC)OC(C)=O. The normalized spacial score (nSPS) is 21.8. The first-order valence-electron chi connectivity index (χ1n) is 12.7. The molecular weight excluding hydrogens is 448 g/mol. The predicted molar refractivity (Wildman–Crippen MR) is 135 cm³/mol. The zero-order chi connectivity index (χ0) is 26.4. The Hall–Kier alpha value is -2.41. The molecule has 35 heavy (non-hydrogen) atoms. The van der Waals surface area contributed by atoms with Crippen molar-refractivity contribution < 1.29 is 33.7 Å². The summed E-state index contributed by atoms with van der Waals surface area (Å²) in [7, 11) is 1.32. The van der Waals surface area contributed by atoms with Gasteiger partial charge in [0.25, 0.3) is 0 Å². The van der Waals surface area contributed by atoms with Gasteiger partial charge in [-0.15, -0.1) is 0 Å². The number of rotatable bonds is 15. The number of allylic oxidation sites excluding steroid dienone is 2. The van der Waals surface area contributed by atoms with Crippen molar-refractivity contribution in [2.45, 2.75) is 110 Å². The fraction of sp³-hybridized carbons (Fsp3) is 0.679. The lowest BCUT2D eigenvalue weighted by molar-refractivity contribution is -0.168. The molecule has 198 valence electrons. The molecule has 0 aliphatic heterocycles. The number of carbonyl (C=O) groups excluding carboxylic acids is 3. The molecule has 0 aromatic carbocycles. The second-order valence-corrected chi connectivity index (χ2v) is 9.54. The third kappa shape index (κ3) is 11.2. The van der Waals surface area contributed by atoms with E-state index in [4.69, 9.17) is 9.47 Å². The Kier molecular flexibility index (Phi) is 13.6. The van der Waals surface area contributed by atoms with E-state index < -0.39 is 35.7 Å². The number of methoxy groups -OCH3 is 1. The lowest BCUT2D eigenvalue weighted by Crippen LogP contribution is -2.45. The van der Waals surface area contributed by atoms with Crippen LogP contribution in [0.1, 0.15) is 91.9 Å². The van der Waals surface area contributed by atoms with Gasteiger partial charge in [0.05, 0.1) is 12.7 Å². The third-order valence-electron chi connectivity index (χ3n) is 6.30. The van der Waals surface area contributed by atoms with E-state index in [1.165, 1.54) is 27.4 Å². The van der Waals surface area contributed by atoms with E-state index in [0.29, 0.717) is 25.7 Å². The topological polar surface area (TPSA) is 99.1 Å². The Morgan fingerprint density at radius 1 is 1.14 bits per heavy atom. The third-order valence-corrected chi connectivity index (χ3v) is 6.30. The molecule has 0 bridgehead atoms. The first-order chi connectivity index (χ1) is 16.5. The van der Waals surface area contributed by atoms with Gasteiger partial charge in [-0.1, -0.05) is 55.7 Å². The summed E-state index contributed by atoms with van der Waals surface area (Å²) in [5.74, 6) is -1.77. The molecular formula is C28H44O7. The molecule has 7 nitrogen and oxygen atoms in total. The second-order valence-electron chi connectivity index (χ2n) is 9.54. The summed E-state index contributed by atoms with van der Waals surface area (Å²) in [6.45, 7) is 11.0. The Labute approximate surface area is 210 Å². The highest BCUT2D eigenvalue weighted by atomic mass is 16.6. The molecule has 0 heterocycles. The van der Waals surface area contributed by atoms with E-state index in [0.717, 1.165) is 30.4 Å². The average molecular weight is 493 g/mol. The summed E-state index contributed by atoms with van der Waals surface area (Å²) in [6.07, 6.45) is 11.0. The molecule has 0 fully saturated rings. The summed E-state index contributed by atoms with van der Waals surface area (Å²) in [5.41, 5.74) is 0.693. The fourth-order valence-electron chi connectivity index (χ4n) is 4.69. The van der Waals surface area contributed by atoms with E-state index in [-0.39, 0.29) is 18.8 Å². The summed E-state index contributed by atoms with van der Waals surface area (Å²) in [5, 5.41) is 11.7. The number of aliphatic hydroxyl groups is 1. The average Bonchev–Trinajstić information content (AvgIpc) is 2.76. The van der Waals surface area contributed by atoms with Crippen molar-refractivity contribution >= 4 is 17.9 Å². The maximum absolute atomic E-state index is 12.0. The molecule has 0 saturated carbocycles. The van der Waals surface area contributed by atoms with Gasteiger partial charge in [-0.05, 0) is 51.9 Å². The van der Waals surface area contributed by atoms with Gasteiger partial charge in [0.2, 0.25) is 0 Å². The monoisotopic (exact) mass is 492 g/mol. The van der Waals surface area contributed by atoms with Crippen LogP contribution in [0.15, 0.2) is 36.0 Å². The van der Waals surface area contributed by atoms with Crippen molar-refractivity contribution in [3.05, 3.63) is 36.0 Å². The number of carbonyl (C=O) groups is 3. The van der Waals surface area contributed by atoms with Crippen LogP contribution in [0.2, 0.25) is 0 Å². The fourth-order valence-corrected chi connectivity index (χ4v) is 4.69. The maximum atomic E-state index is 12.0. The number of hydrogen-bond donors (Lipinski definition) is 1. The molecule has 0 radical (unpaired) electrons. The smallest absolute Gasteiger partial charge is 0.305 e. The van der Waals surface area contributed by atoms with E-state index in [9.17, 15) is 19.5 Å². The molecule has 4 atom stereocenters. The summed E-state index contributed by atoms with van der Waals surface area (Å²) in [6, 6.07) is 0. The number of unbranched alkanes of at least 4 members (excludes halogenated alkanes) is 3. The molecule has 1 aliphatic carbocycles. The van der Waals surface area contributed by atoms with Crippen molar-refractivity contribution in [2.24, 2.45) is 5.92 Å². The zero-order valence-corrected chi connectivity index (χ0v) is 22.1. The molecule has 0 amide bonds. The van der Waals surface area contributed by atoms with Gasteiger partial charge in [-0.25, -0.2) is 0 Å². The minimum Gasteiger partial charge on any atom is -0.469 e. The molecule has 0 spiro atoms. The predicted octanol–water partition coefficient (Wildman–Crippen LogP) is 5.36. The zero-order valence-electron chi connectivity index (χ0n) is 22.1. The quantitative estimate of drug-likeness (QED) is 0.142. The number of ether oxygens (including phenoxy) is 3. The van der Waals surface area contributed by atoms with Gasteiger partial charge in [0.1, 0.15) is 12.2 Å². The van der Waals surface area contributed by atoms with E-state index in [2.05, 4.69) is 24.3 Å². The Bertz CT molecular complexity index is 782. The van der Waals surface area contributed by atoms with Crippen LogP contribution in [0.3, 0.4) is 0 Å². The standard InChI is InChI=1S/C28H44O7/c1-7-8-9-10-11-12-16-28(32)19-20(2)17-21(3)24(28)18-26(35-23(5)30)25(34-22(4)29)14-13-15-27(31)33-6/h11-12,19,24-26,32H,3,7-10,13-18H2,1-2,4-6H3/b12-11-/t24-,25?,26?,28+/m0/s1. The highest BCUT2D eigenvalue weighted by Crippen LogP contribution is 2.42. The van der Waals surface area contributed by atoms with Gasteiger partial charge in [-0.2, -0.15) is 0 Å². The van der Waals surface area contributed by atoms with Crippen molar-refractivity contribution in [1.82, 2.24) is 0 Å². The van der Waals surface area contributed by atoms with Crippen LogP contribution in [0.25, 0.3) is 0 Å². The van der Waals surface area contributed by atoms with Crippen LogP contribution in [-0.2, 0) is 28.6 Å². The van der Waals surface area contributed by atoms with Gasteiger partial charge >= 0.3 is 17.9 Å². The summed E-state index contributed by atoms with van der Waals surface area (Å²) < 4.78 is 15.8. The van der Waals surface area contributed by atoms with Gasteiger partial charge < -0.3 is 19.3 Å². The highest BCUT2D eigenvalue weighted by molar-refractivity contribution is 5.69. The van der Waals surface area contributed by atoms with Gasteiger partial charge in [-0.3, -0.25) is 14.4 Å².